The molecule has 7 nitrogen and oxygen atoms in total. The second-order valence-electron chi connectivity index (χ2n) is 9.60. The van der Waals surface area contributed by atoms with Crippen LogP contribution < -0.4 is 5.32 Å². The number of carbonyl (C=O) groups excluding carboxylic acids is 1. The van der Waals surface area contributed by atoms with Crippen LogP contribution in [0, 0.1) is 0 Å². The molecule has 2 N–H and O–H groups in total. The molecule has 0 saturated carbocycles. The van der Waals surface area contributed by atoms with Crippen molar-refractivity contribution in [3.05, 3.63) is 0 Å². The van der Waals surface area contributed by atoms with Gasteiger partial charge in [-0.1, -0.05) is 78.1 Å². The average molecular weight is 466 g/mol. The summed E-state index contributed by atoms with van der Waals surface area (Å²) in [7, 11) is 1.83. The Bertz CT molecular complexity index is 497. The van der Waals surface area contributed by atoms with Gasteiger partial charge in [0.1, 0.15) is 13.2 Å². The Morgan fingerprint density at radius 2 is 1.45 bits per heavy atom. The number of amides is 1. The lowest BCUT2D eigenvalue weighted by molar-refractivity contribution is -0.870. The third kappa shape index (κ3) is 21.2. The number of unbranched alkanes of at least 4 members (excludes halogenated alkanes) is 9. The molecule has 2 atom stereocenters. The molecule has 0 aromatic rings. The number of carbonyl (C=O) groups is 1. The maximum absolute atomic E-state index is 12.3. The van der Waals surface area contributed by atoms with Gasteiger partial charge in [0.05, 0.1) is 33.8 Å². The molecule has 0 aliphatic rings. The van der Waals surface area contributed by atoms with Gasteiger partial charge in [-0.05, 0) is 12.8 Å². The number of hydrogen-bond donors (Lipinski definition) is 2. The maximum atomic E-state index is 12.3. The molecule has 0 aliphatic heterocycles. The van der Waals surface area contributed by atoms with E-state index in [-0.39, 0.29) is 25.2 Å². The first-order valence-electron chi connectivity index (χ1n) is 12.3. The molecule has 0 spiro atoms. The Morgan fingerprint density at radius 1 is 0.903 bits per heavy atom. The van der Waals surface area contributed by atoms with Gasteiger partial charge < -0.3 is 14.7 Å². The van der Waals surface area contributed by atoms with E-state index in [1.54, 1.807) is 0 Å². The van der Waals surface area contributed by atoms with E-state index in [4.69, 9.17) is 9.05 Å². The predicted octanol–water partition coefficient (Wildman–Crippen LogP) is 5.42. The molecule has 0 aromatic carbocycles. The Hall–Kier alpha value is -0.460. The van der Waals surface area contributed by atoms with Crippen molar-refractivity contribution in [2.45, 2.75) is 103 Å². The van der Waals surface area contributed by atoms with Crippen molar-refractivity contribution in [3.63, 3.8) is 0 Å². The van der Waals surface area contributed by atoms with Crippen molar-refractivity contribution in [1.82, 2.24) is 5.32 Å². The molecular weight excluding hydrogens is 415 g/mol. The van der Waals surface area contributed by atoms with E-state index in [1.165, 1.54) is 44.9 Å². The van der Waals surface area contributed by atoms with Crippen LogP contribution in [0.2, 0.25) is 0 Å². The van der Waals surface area contributed by atoms with E-state index in [0.717, 1.165) is 32.1 Å². The first-order chi connectivity index (χ1) is 14.6. The topological polar surface area (TPSA) is 84.9 Å². The summed E-state index contributed by atoms with van der Waals surface area (Å²) in [5, 5.41) is 2.98. The van der Waals surface area contributed by atoms with Crippen LogP contribution in [-0.4, -0.2) is 62.2 Å². The predicted molar refractivity (Wildman–Crippen MR) is 128 cm³/mol. The highest BCUT2D eigenvalue weighted by molar-refractivity contribution is 7.47. The van der Waals surface area contributed by atoms with E-state index in [0.29, 0.717) is 17.4 Å². The first kappa shape index (κ1) is 30.5. The number of quaternary nitrogens is 1. The van der Waals surface area contributed by atoms with Crippen molar-refractivity contribution in [3.8, 4) is 0 Å². The van der Waals surface area contributed by atoms with Crippen molar-refractivity contribution < 1.29 is 27.8 Å². The van der Waals surface area contributed by atoms with Crippen LogP contribution in [0.4, 0.5) is 0 Å². The fraction of sp³-hybridized carbons (Fsp3) is 0.957. The molecule has 0 aromatic heterocycles. The van der Waals surface area contributed by atoms with E-state index >= 15 is 0 Å². The zero-order valence-corrected chi connectivity index (χ0v) is 21.8. The highest BCUT2D eigenvalue weighted by Gasteiger charge is 2.25. The lowest BCUT2D eigenvalue weighted by atomic mass is 10.1. The minimum absolute atomic E-state index is 0.00799. The van der Waals surface area contributed by atoms with Gasteiger partial charge in [-0.2, -0.15) is 0 Å². The molecule has 186 valence electrons. The van der Waals surface area contributed by atoms with Crippen LogP contribution in [0.5, 0.6) is 0 Å². The van der Waals surface area contributed by atoms with E-state index in [2.05, 4.69) is 19.2 Å². The molecule has 1 amide bonds. The standard InChI is InChI=1S/C23H49N2O5P/c1-6-8-10-11-12-13-14-15-16-18-23(26)24-22(17-9-7-2)21-30-31(27,28)29-20-19-25(3,4)5/h22H,6-21H2,1-5H3,(H-,24,26,27,28)/p+1/t22-/m1/s1. The molecule has 0 bridgehead atoms. The van der Waals surface area contributed by atoms with Crippen LogP contribution in [0.3, 0.4) is 0 Å². The Balaban J connectivity index is 4.14. The third-order valence-corrected chi connectivity index (χ3v) is 6.22. The van der Waals surface area contributed by atoms with Crippen LogP contribution in [0.15, 0.2) is 0 Å². The van der Waals surface area contributed by atoms with E-state index < -0.39 is 7.82 Å². The summed E-state index contributed by atoms with van der Waals surface area (Å²) in [5.74, 6) is -0.00799. The molecule has 0 saturated heterocycles. The minimum atomic E-state index is -4.11. The van der Waals surface area contributed by atoms with Crippen LogP contribution in [0.1, 0.15) is 97.3 Å². The summed E-state index contributed by atoms with van der Waals surface area (Å²) in [6.07, 6.45) is 14.1. The number of nitrogens with one attached hydrogen (secondary N) is 1. The molecule has 0 fully saturated rings. The van der Waals surface area contributed by atoms with Crippen molar-refractivity contribution >= 4 is 13.7 Å². The highest BCUT2D eigenvalue weighted by Crippen LogP contribution is 2.43. The van der Waals surface area contributed by atoms with Gasteiger partial charge in [0.2, 0.25) is 5.91 Å². The summed E-state index contributed by atoms with van der Waals surface area (Å²) in [4.78, 5) is 22.2. The van der Waals surface area contributed by atoms with Crippen molar-refractivity contribution in [2.24, 2.45) is 0 Å². The van der Waals surface area contributed by atoms with Crippen LogP contribution in [-0.2, 0) is 18.4 Å². The SMILES string of the molecule is CCCCCCCCCCCC(=O)N[C@H](CCCC)COP(=O)(O)OCC[N+](C)(C)C. The number of likely N-dealkylation sites (N-methyl/N-ethyl adjacent to an activating group) is 1. The molecule has 8 heteroatoms. The Labute approximate surface area is 191 Å². The zero-order chi connectivity index (χ0) is 23.6. The maximum Gasteiger partial charge on any atom is 0.472 e. The number of rotatable bonds is 21. The minimum Gasteiger partial charge on any atom is -0.351 e. The van der Waals surface area contributed by atoms with Gasteiger partial charge in [0.25, 0.3) is 0 Å². The monoisotopic (exact) mass is 465 g/mol. The molecule has 1 unspecified atom stereocenters. The number of phosphoric acid groups is 1. The van der Waals surface area contributed by atoms with Gasteiger partial charge in [-0.25, -0.2) is 4.57 Å². The highest BCUT2D eigenvalue weighted by atomic mass is 31.2. The summed E-state index contributed by atoms with van der Waals surface area (Å²) >= 11 is 0. The average Bonchev–Trinajstić information content (AvgIpc) is 2.67. The quantitative estimate of drug-likeness (QED) is 0.134. The van der Waals surface area contributed by atoms with Crippen molar-refractivity contribution in [2.75, 3.05) is 40.9 Å². The molecule has 0 heterocycles. The number of nitrogens with zero attached hydrogens (tertiary/aromatic N) is 1. The van der Waals surface area contributed by atoms with E-state index in [1.807, 2.05) is 21.1 Å². The molecule has 0 rings (SSSR count). The fourth-order valence-electron chi connectivity index (χ4n) is 3.20. The summed E-state index contributed by atoms with van der Waals surface area (Å²) in [6.45, 7) is 5.03. The lowest BCUT2D eigenvalue weighted by Gasteiger charge is -2.24. The molecule has 31 heavy (non-hydrogen) atoms. The third-order valence-electron chi connectivity index (χ3n) is 5.23. The zero-order valence-electron chi connectivity index (χ0n) is 20.9. The molecular formula is C23H50N2O5P+. The normalized spacial score (nSPS) is 14.9. The molecule has 0 aliphatic carbocycles. The smallest absolute Gasteiger partial charge is 0.351 e. The van der Waals surface area contributed by atoms with Gasteiger partial charge >= 0.3 is 7.82 Å². The van der Waals surface area contributed by atoms with E-state index in [9.17, 15) is 14.3 Å². The van der Waals surface area contributed by atoms with Crippen molar-refractivity contribution in [1.29, 1.82) is 0 Å². The largest absolute Gasteiger partial charge is 0.472 e. The Kier molecular flexibility index (Phi) is 17.8. The first-order valence-corrected chi connectivity index (χ1v) is 13.8. The summed E-state index contributed by atoms with van der Waals surface area (Å²) in [6, 6.07) is -0.270. The van der Waals surface area contributed by atoms with Crippen LogP contribution in [0.25, 0.3) is 0 Å². The fourth-order valence-corrected chi connectivity index (χ4v) is 3.95. The second kappa shape index (κ2) is 18.0. The lowest BCUT2D eigenvalue weighted by Crippen LogP contribution is -2.38. The van der Waals surface area contributed by atoms with Gasteiger partial charge in [0, 0.05) is 6.42 Å². The summed E-state index contributed by atoms with van der Waals surface area (Å²) in [5.41, 5.74) is 0. The van der Waals surface area contributed by atoms with Crippen LogP contribution >= 0.6 is 7.82 Å². The van der Waals surface area contributed by atoms with Gasteiger partial charge in [-0.3, -0.25) is 13.8 Å². The Morgan fingerprint density at radius 3 is 2.00 bits per heavy atom. The molecule has 0 radical (unpaired) electrons. The second-order valence-corrected chi connectivity index (χ2v) is 11.1. The summed E-state index contributed by atoms with van der Waals surface area (Å²) < 4.78 is 23.0. The van der Waals surface area contributed by atoms with Gasteiger partial charge in [-0.15, -0.1) is 0 Å². The number of hydrogen-bond acceptors (Lipinski definition) is 4. The van der Waals surface area contributed by atoms with Gasteiger partial charge in [0.15, 0.2) is 0 Å². The number of phosphoric ester groups is 1.